The standard InChI is InChI=1S/C19H24F3N3O2/c1-13(2)25-17(19(20,21)22)16(12-24-25)18(26)23-10-7-11-27-14(3)15-8-5-4-6-9-15/h4-6,8-9,12-14H,7,10-11H2,1-3H3,(H,23,26). The Morgan fingerprint density at radius 1 is 1.22 bits per heavy atom. The highest BCUT2D eigenvalue weighted by atomic mass is 19.4. The molecule has 0 fully saturated rings. The van der Waals surface area contributed by atoms with Crippen molar-refractivity contribution in [3.63, 3.8) is 0 Å². The molecule has 2 aromatic rings. The van der Waals surface area contributed by atoms with Crippen molar-refractivity contribution in [3.05, 3.63) is 53.3 Å². The summed E-state index contributed by atoms with van der Waals surface area (Å²) in [5.41, 5.74) is -0.448. The first-order chi connectivity index (χ1) is 12.7. The zero-order chi connectivity index (χ0) is 20.0. The molecule has 0 aliphatic carbocycles. The Bertz CT molecular complexity index is 742. The van der Waals surface area contributed by atoms with E-state index in [2.05, 4.69) is 10.4 Å². The molecule has 1 aromatic carbocycles. The molecule has 0 aliphatic rings. The first-order valence-electron chi connectivity index (χ1n) is 8.81. The van der Waals surface area contributed by atoms with Crippen LogP contribution in [0.1, 0.15) is 61.0 Å². The second kappa shape index (κ2) is 9.03. The number of rotatable bonds is 8. The Morgan fingerprint density at radius 2 is 1.89 bits per heavy atom. The molecule has 1 unspecified atom stereocenters. The van der Waals surface area contributed by atoms with E-state index < -0.39 is 29.4 Å². The lowest BCUT2D eigenvalue weighted by Crippen LogP contribution is -2.28. The minimum absolute atomic E-state index is 0.0944. The number of halogens is 3. The van der Waals surface area contributed by atoms with Gasteiger partial charge in [0.15, 0.2) is 5.69 Å². The second-order valence-corrected chi connectivity index (χ2v) is 6.48. The van der Waals surface area contributed by atoms with Gasteiger partial charge in [0, 0.05) is 19.2 Å². The SMILES string of the molecule is CC(OCCCNC(=O)c1cnn(C(C)C)c1C(F)(F)F)c1ccccc1. The number of benzene rings is 1. The summed E-state index contributed by atoms with van der Waals surface area (Å²) in [6.07, 6.45) is -3.29. The lowest BCUT2D eigenvalue weighted by molar-refractivity contribution is -0.145. The second-order valence-electron chi connectivity index (χ2n) is 6.48. The minimum Gasteiger partial charge on any atom is -0.374 e. The molecular weight excluding hydrogens is 359 g/mol. The van der Waals surface area contributed by atoms with E-state index in [1.807, 2.05) is 37.3 Å². The van der Waals surface area contributed by atoms with Crippen LogP contribution in [0.2, 0.25) is 0 Å². The van der Waals surface area contributed by atoms with Gasteiger partial charge in [-0.2, -0.15) is 18.3 Å². The van der Waals surface area contributed by atoms with Crippen LogP contribution in [0.25, 0.3) is 0 Å². The Hall–Kier alpha value is -2.35. The molecule has 0 aliphatic heterocycles. The molecule has 0 radical (unpaired) electrons. The van der Waals surface area contributed by atoms with Gasteiger partial charge < -0.3 is 10.1 Å². The predicted molar refractivity (Wildman–Crippen MR) is 95.4 cm³/mol. The van der Waals surface area contributed by atoms with Gasteiger partial charge in [-0.1, -0.05) is 30.3 Å². The zero-order valence-electron chi connectivity index (χ0n) is 15.6. The third-order valence-corrected chi connectivity index (χ3v) is 4.04. The molecule has 0 spiro atoms. The van der Waals surface area contributed by atoms with Crippen LogP contribution in [0.5, 0.6) is 0 Å². The highest BCUT2D eigenvalue weighted by Gasteiger charge is 2.40. The van der Waals surface area contributed by atoms with Crippen LogP contribution in [0.4, 0.5) is 13.2 Å². The van der Waals surface area contributed by atoms with Gasteiger partial charge in [0.1, 0.15) is 0 Å². The van der Waals surface area contributed by atoms with Crippen molar-refractivity contribution in [1.82, 2.24) is 15.1 Å². The summed E-state index contributed by atoms with van der Waals surface area (Å²) in [5.74, 6) is -0.787. The van der Waals surface area contributed by atoms with Crippen LogP contribution in [0.15, 0.2) is 36.5 Å². The highest BCUT2D eigenvalue weighted by Crippen LogP contribution is 2.33. The van der Waals surface area contributed by atoms with Crippen molar-refractivity contribution < 1.29 is 22.7 Å². The third-order valence-electron chi connectivity index (χ3n) is 4.04. The Balaban J connectivity index is 1.86. The maximum absolute atomic E-state index is 13.3. The van der Waals surface area contributed by atoms with E-state index in [0.29, 0.717) is 13.0 Å². The molecule has 1 aromatic heterocycles. The summed E-state index contributed by atoms with van der Waals surface area (Å²) in [6, 6.07) is 9.17. The maximum Gasteiger partial charge on any atom is 0.433 e. The molecular formula is C19H24F3N3O2. The number of hydrogen-bond acceptors (Lipinski definition) is 3. The van der Waals surface area contributed by atoms with Crippen molar-refractivity contribution in [3.8, 4) is 0 Å². The molecule has 148 valence electrons. The zero-order valence-corrected chi connectivity index (χ0v) is 15.6. The van der Waals surface area contributed by atoms with Crippen LogP contribution in [0.3, 0.4) is 0 Å². The van der Waals surface area contributed by atoms with Crippen molar-refractivity contribution in [2.45, 2.75) is 45.5 Å². The topological polar surface area (TPSA) is 56.1 Å². The lowest BCUT2D eigenvalue weighted by atomic mass is 10.1. The number of carbonyl (C=O) groups is 1. The van der Waals surface area contributed by atoms with Gasteiger partial charge in [0.2, 0.25) is 0 Å². The van der Waals surface area contributed by atoms with Crippen molar-refractivity contribution in [2.24, 2.45) is 0 Å². The van der Waals surface area contributed by atoms with Gasteiger partial charge in [-0.15, -0.1) is 0 Å². The molecule has 0 bridgehead atoms. The number of ether oxygens (including phenoxy) is 1. The average molecular weight is 383 g/mol. The van der Waals surface area contributed by atoms with Crippen LogP contribution in [0, 0.1) is 0 Å². The van der Waals surface area contributed by atoms with Crippen LogP contribution in [-0.2, 0) is 10.9 Å². The predicted octanol–water partition coefficient (Wildman–Crippen LogP) is 4.38. The molecule has 2 rings (SSSR count). The number of carbonyl (C=O) groups excluding carboxylic acids is 1. The summed E-state index contributed by atoms with van der Waals surface area (Å²) >= 11 is 0. The van der Waals surface area contributed by atoms with Crippen molar-refractivity contribution in [2.75, 3.05) is 13.2 Å². The van der Waals surface area contributed by atoms with E-state index >= 15 is 0 Å². The quantitative estimate of drug-likeness (QED) is 0.688. The van der Waals surface area contributed by atoms with E-state index in [4.69, 9.17) is 4.74 Å². The van der Waals surface area contributed by atoms with Crippen LogP contribution in [-0.4, -0.2) is 28.8 Å². The lowest BCUT2D eigenvalue weighted by Gasteiger charge is -2.15. The van der Waals surface area contributed by atoms with Gasteiger partial charge in [-0.3, -0.25) is 9.48 Å². The van der Waals surface area contributed by atoms with Gasteiger partial charge in [-0.25, -0.2) is 0 Å². The van der Waals surface area contributed by atoms with E-state index in [-0.39, 0.29) is 12.6 Å². The molecule has 8 heteroatoms. The first-order valence-corrected chi connectivity index (χ1v) is 8.81. The third kappa shape index (κ3) is 5.56. The maximum atomic E-state index is 13.3. The number of aromatic nitrogens is 2. The number of amides is 1. The Labute approximate surface area is 156 Å². The number of nitrogens with zero attached hydrogens (tertiary/aromatic N) is 2. The van der Waals surface area contributed by atoms with Crippen LogP contribution >= 0.6 is 0 Å². The van der Waals surface area contributed by atoms with Crippen molar-refractivity contribution in [1.29, 1.82) is 0 Å². The fourth-order valence-corrected chi connectivity index (χ4v) is 2.65. The monoisotopic (exact) mass is 383 g/mol. The molecule has 27 heavy (non-hydrogen) atoms. The molecule has 1 atom stereocenters. The Kier molecular flexibility index (Phi) is 7.01. The average Bonchev–Trinajstić information content (AvgIpc) is 3.08. The van der Waals surface area contributed by atoms with Gasteiger partial charge >= 0.3 is 6.18 Å². The van der Waals surface area contributed by atoms with E-state index in [1.165, 1.54) is 0 Å². The molecule has 1 amide bonds. The van der Waals surface area contributed by atoms with Gasteiger partial charge in [0.05, 0.1) is 17.9 Å². The molecule has 1 N–H and O–H groups in total. The largest absolute Gasteiger partial charge is 0.433 e. The molecule has 0 saturated heterocycles. The normalized spacial score (nSPS) is 13.0. The summed E-state index contributed by atoms with van der Waals surface area (Å²) in [6.45, 7) is 5.67. The summed E-state index contributed by atoms with van der Waals surface area (Å²) in [4.78, 5) is 12.2. The number of hydrogen-bond donors (Lipinski definition) is 1. The van der Waals surface area contributed by atoms with E-state index in [9.17, 15) is 18.0 Å². The molecule has 1 heterocycles. The van der Waals surface area contributed by atoms with Crippen LogP contribution < -0.4 is 5.32 Å². The fourth-order valence-electron chi connectivity index (χ4n) is 2.65. The number of alkyl halides is 3. The summed E-state index contributed by atoms with van der Waals surface area (Å²) < 4.78 is 46.4. The first kappa shape index (κ1) is 21.0. The van der Waals surface area contributed by atoms with E-state index in [0.717, 1.165) is 16.4 Å². The van der Waals surface area contributed by atoms with Gasteiger partial charge in [-0.05, 0) is 32.8 Å². The number of nitrogens with one attached hydrogen (secondary N) is 1. The van der Waals surface area contributed by atoms with Gasteiger partial charge in [0.25, 0.3) is 5.91 Å². The van der Waals surface area contributed by atoms with E-state index in [1.54, 1.807) is 13.8 Å². The fraction of sp³-hybridized carbons (Fsp3) is 0.474. The summed E-state index contributed by atoms with van der Waals surface area (Å²) in [5, 5.41) is 6.22. The minimum atomic E-state index is -4.65. The highest BCUT2D eigenvalue weighted by molar-refractivity contribution is 5.95. The molecule has 0 saturated carbocycles. The van der Waals surface area contributed by atoms with Crippen molar-refractivity contribution >= 4 is 5.91 Å². The molecule has 5 nitrogen and oxygen atoms in total. The smallest absolute Gasteiger partial charge is 0.374 e. The Morgan fingerprint density at radius 3 is 2.48 bits per heavy atom. The summed E-state index contributed by atoms with van der Waals surface area (Å²) in [7, 11) is 0.